The van der Waals surface area contributed by atoms with Crippen LogP contribution in [0.2, 0.25) is 0 Å². The number of thioether (sulfide) groups is 1. The number of hydrogen-bond acceptors (Lipinski definition) is 3. The minimum atomic E-state index is -0.160. The van der Waals surface area contributed by atoms with Gasteiger partial charge in [-0.05, 0) is 38.4 Å². The van der Waals surface area contributed by atoms with Crippen LogP contribution < -0.4 is 5.32 Å². The van der Waals surface area contributed by atoms with Crippen molar-refractivity contribution in [3.8, 4) is 0 Å². The van der Waals surface area contributed by atoms with Gasteiger partial charge in [0.2, 0.25) is 5.91 Å². The molecule has 0 aromatic rings. The summed E-state index contributed by atoms with van der Waals surface area (Å²) in [5, 5.41) is 3.58. The fourth-order valence-corrected chi connectivity index (χ4v) is 3.41. The van der Waals surface area contributed by atoms with Gasteiger partial charge in [-0.2, -0.15) is 11.8 Å². The van der Waals surface area contributed by atoms with Gasteiger partial charge >= 0.3 is 0 Å². The van der Waals surface area contributed by atoms with Gasteiger partial charge in [0, 0.05) is 11.8 Å². The van der Waals surface area contributed by atoms with Crippen molar-refractivity contribution in [1.82, 2.24) is 10.2 Å². The number of hydrogen-bond donors (Lipinski definition) is 1. The van der Waals surface area contributed by atoms with Crippen LogP contribution in [0, 0.1) is 5.92 Å². The number of amides is 1. The number of nitrogens with one attached hydrogen (secondary N) is 1. The largest absolute Gasteiger partial charge is 0.322 e. The Bertz CT molecular complexity index is 302. The SMILES string of the molecule is CSCC(C)N1C(=O)C2(CC2)NC1CC(C)C. The smallest absolute Gasteiger partial charge is 0.244 e. The number of rotatable bonds is 5. The van der Waals surface area contributed by atoms with Crippen LogP contribution in [0.15, 0.2) is 0 Å². The van der Waals surface area contributed by atoms with Crippen LogP contribution >= 0.6 is 11.8 Å². The van der Waals surface area contributed by atoms with Gasteiger partial charge in [0.1, 0.15) is 0 Å². The van der Waals surface area contributed by atoms with Crippen LogP contribution in [0.5, 0.6) is 0 Å². The standard InChI is InChI=1S/C13H24N2OS/c1-9(2)7-11-14-13(5-6-13)12(16)15(11)10(3)8-17-4/h9-11,14H,5-8H2,1-4H3. The monoisotopic (exact) mass is 256 g/mol. The van der Waals surface area contributed by atoms with Crippen LogP contribution in [0.25, 0.3) is 0 Å². The number of nitrogens with zero attached hydrogens (tertiary/aromatic N) is 1. The molecule has 2 unspecified atom stereocenters. The second-order valence-electron chi connectivity index (χ2n) is 5.89. The van der Waals surface area contributed by atoms with Gasteiger partial charge in [-0.25, -0.2) is 0 Å². The average Bonchev–Trinajstić information content (AvgIpc) is 2.92. The zero-order chi connectivity index (χ0) is 12.6. The van der Waals surface area contributed by atoms with Gasteiger partial charge in [0.05, 0.1) is 11.7 Å². The molecule has 1 saturated carbocycles. The Balaban J connectivity index is 2.10. The fraction of sp³-hybridized carbons (Fsp3) is 0.923. The Morgan fingerprint density at radius 3 is 2.59 bits per heavy atom. The van der Waals surface area contributed by atoms with Crippen molar-refractivity contribution in [3.05, 3.63) is 0 Å². The number of carbonyl (C=O) groups excluding carboxylic acids is 1. The van der Waals surface area contributed by atoms with Crippen molar-refractivity contribution in [3.63, 3.8) is 0 Å². The van der Waals surface area contributed by atoms with Crippen LogP contribution in [0.3, 0.4) is 0 Å². The van der Waals surface area contributed by atoms with Crippen molar-refractivity contribution >= 4 is 17.7 Å². The fourth-order valence-electron chi connectivity index (χ4n) is 2.77. The van der Waals surface area contributed by atoms with Crippen molar-refractivity contribution < 1.29 is 4.79 Å². The molecule has 2 aliphatic rings. The lowest BCUT2D eigenvalue weighted by molar-refractivity contribution is -0.132. The Labute approximate surface area is 109 Å². The van der Waals surface area contributed by atoms with E-state index >= 15 is 0 Å². The first-order chi connectivity index (χ1) is 8.00. The highest BCUT2D eigenvalue weighted by Crippen LogP contribution is 2.43. The van der Waals surface area contributed by atoms with Crippen LogP contribution in [-0.2, 0) is 4.79 Å². The Hall–Kier alpha value is -0.220. The zero-order valence-electron chi connectivity index (χ0n) is 11.3. The van der Waals surface area contributed by atoms with Crippen LogP contribution in [-0.4, -0.2) is 40.6 Å². The molecule has 0 bridgehead atoms. The van der Waals surface area contributed by atoms with E-state index in [1.165, 1.54) is 0 Å². The van der Waals surface area contributed by atoms with E-state index in [0.29, 0.717) is 17.9 Å². The molecule has 98 valence electrons. The molecule has 1 N–H and O–H groups in total. The van der Waals surface area contributed by atoms with E-state index in [4.69, 9.17) is 0 Å². The van der Waals surface area contributed by atoms with E-state index in [9.17, 15) is 4.79 Å². The molecule has 1 amide bonds. The molecule has 0 aromatic carbocycles. The second-order valence-corrected chi connectivity index (χ2v) is 6.80. The maximum atomic E-state index is 12.5. The molecule has 2 rings (SSSR count). The summed E-state index contributed by atoms with van der Waals surface area (Å²) in [5.74, 6) is 2.00. The highest BCUT2D eigenvalue weighted by molar-refractivity contribution is 7.98. The van der Waals surface area contributed by atoms with E-state index in [0.717, 1.165) is 25.0 Å². The molecule has 0 radical (unpaired) electrons. The van der Waals surface area contributed by atoms with Gasteiger partial charge in [-0.15, -0.1) is 0 Å². The van der Waals surface area contributed by atoms with Gasteiger partial charge < -0.3 is 4.90 Å². The molecule has 1 saturated heterocycles. The molecule has 17 heavy (non-hydrogen) atoms. The summed E-state index contributed by atoms with van der Waals surface area (Å²) < 4.78 is 0. The van der Waals surface area contributed by atoms with Crippen LogP contribution in [0.1, 0.15) is 40.0 Å². The van der Waals surface area contributed by atoms with Crippen molar-refractivity contribution in [1.29, 1.82) is 0 Å². The van der Waals surface area contributed by atoms with Gasteiger partial charge in [-0.1, -0.05) is 13.8 Å². The first-order valence-electron chi connectivity index (χ1n) is 6.59. The molecule has 4 heteroatoms. The first-order valence-corrected chi connectivity index (χ1v) is 7.99. The van der Waals surface area contributed by atoms with Gasteiger partial charge in [0.15, 0.2) is 0 Å². The molecule has 1 aliphatic heterocycles. The Morgan fingerprint density at radius 2 is 2.12 bits per heavy atom. The predicted octanol–water partition coefficient (Wildman–Crippen LogP) is 2.07. The molecule has 1 spiro atoms. The molecular formula is C13H24N2OS. The van der Waals surface area contributed by atoms with Crippen molar-refractivity contribution in [2.24, 2.45) is 5.92 Å². The summed E-state index contributed by atoms with van der Waals surface area (Å²) in [6, 6.07) is 0.341. The first kappa shape index (κ1) is 13.2. The highest BCUT2D eigenvalue weighted by atomic mass is 32.2. The lowest BCUT2D eigenvalue weighted by atomic mass is 10.1. The molecular weight excluding hydrogens is 232 g/mol. The topological polar surface area (TPSA) is 32.3 Å². The van der Waals surface area contributed by atoms with E-state index in [2.05, 4.69) is 37.2 Å². The third-order valence-electron chi connectivity index (χ3n) is 3.75. The average molecular weight is 256 g/mol. The minimum Gasteiger partial charge on any atom is -0.322 e. The van der Waals surface area contributed by atoms with Gasteiger partial charge in [-0.3, -0.25) is 10.1 Å². The lowest BCUT2D eigenvalue weighted by Crippen LogP contribution is -2.45. The zero-order valence-corrected chi connectivity index (χ0v) is 12.1. The third-order valence-corrected chi connectivity index (χ3v) is 4.57. The maximum absolute atomic E-state index is 12.5. The van der Waals surface area contributed by atoms with E-state index < -0.39 is 0 Å². The maximum Gasteiger partial charge on any atom is 0.244 e. The normalized spacial score (nSPS) is 28.2. The Kier molecular flexibility index (Phi) is 3.74. The van der Waals surface area contributed by atoms with Crippen LogP contribution in [0.4, 0.5) is 0 Å². The van der Waals surface area contributed by atoms with E-state index in [1.807, 2.05) is 11.8 Å². The molecule has 1 aliphatic carbocycles. The van der Waals surface area contributed by atoms with E-state index in [-0.39, 0.29) is 11.7 Å². The summed E-state index contributed by atoms with van der Waals surface area (Å²) in [7, 11) is 0. The third kappa shape index (κ3) is 2.48. The quantitative estimate of drug-likeness (QED) is 0.817. The summed E-state index contributed by atoms with van der Waals surface area (Å²) in [4.78, 5) is 14.6. The predicted molar refractivity (Wildman–Crippen MR) is 73.0 cm³/mol. The van der Waals surface area contributed by atoms with Gasteiger partial charge in [0.25, 0.3) is 0 Å². The van der Waals surface area contributed by atoms with Crippen molar-refractivity contribution in [2.45, 2.75) is 57.8 Å². The number of carbonyl (C=O) groups is 1. The molecule has 3 nitrogen and oxygen atoms in total. The summed E-state index contributed by atoms with van der Waals surface area (Å²) in [6.07, 6.45) is 5.49. The molecule has 2 fully saturated rings. The van der Waals surface area contributed by atoms with E-state index in [1.54, 1.807) is 0 Å². The molecule has 1 heterocycles. The summed E-state index contributed by atoms with van der Waals surface area (Å²) in [5.41, 5.74) is -0.160. The van der Waals surface area contributed by atoms with Crippen molar-refractivity contribution in [2.75, 3.05) is 12.0 Å². The Morgan fingerprint density at radius 1 is 1.47 bits per heavy atom. The molecule has 0 aromatic heterocycles. The highest BCUT2D eigenvalue weighted by Gasteiger charge is 2.59. The molecule has 2 atom stereocenters. The second kappa shape index (κ2) is 4.81. The summed E-state index contributed by atoms with van der Waals surface area (Å²) >= 11 is 1.82. The minimum absolute atomic E-state index is 0.160. The summed E-state index contributed by atoms with van der Waals surface area (Å²) in [6.45, 7) is 6.62. The lowest BCUT2D eigenvalue weighted by Gasteiger charge is -2.31.